The summed E-state index contributed by atoms with van der Waals surface area (Å²) in [5, 5.41) is 12.0. The number of aryl methyl sites for hydroxylation is 1. The molecule has 0 bridgehead atoms. The molecule has 0 heterocycles. The smallest absolute Gasteiger partial charge is 0.126 e. The minimum absolute atomic E-state index is 0.191. The average Bonchev–Trinajstić information content (AvgIpc) is 2.41. The molecule has 0 saturated carbocycles. The third-order valence-corrected chi connectivity index (χ3v) is 3.46. The molecule has 0 unspecified atom stereocenters. The second kappa shape index (κ2) is 5.85. The van der Waals surface area contributed by atoms with E-state index in [-0.39, 0.29) is 5.82 Å². The highest BCUT2D eigenvalue weighted by molar-refractivity contribution is 9.10. The van der Waals surface area contributed by atoms with E-state index in [1.165, 1.54) is 6.07 Å². The third kappa shape index (κ3) is 3.33. The summed E-state index contributed by atoms with van der Waals surface area (Å²) < 4.78 is 14.0. The topological polar surface area (TPSA) is 35.8 Å². The molecule has 96 valence electrons. The zero-order valence-electron chi connectivity index (χ0n) is 10.4. The summed E-state index contributed by atoms with van der Waals surface area (Å²) in [5.74, 6) is -0.191. The lowest BCUT2D eigenvalue weighted by Gasteiger charge is -2.09. The summed E-state index contributed by atoms with van der Waals surface area (Å²) in [4.78, 5) is 0. The quantitative estimate of drug-likeness (QED) is 0.911. The number of halogens is 2. The minimum atomic E-state index is -0.191. The van der Waals surface area contributed by atoms with Gasteiger partial charge in [0.25, 0.3) is 0 Å². The first-order chi connectivity index (χ1) is 9.10. The highest BCUT2D eigenvalue weighted by Crippen LogP contribution is 2.24. The molecule has 0 aliphatic carbocycles. The van der Waals surface area contributed by atoms with Crippen LogP contribution in [0.4, 0.5) is 10.1 Å². The van der Waals surface area contributed by atoms with Gasteiger partial charge < -0.3 is 5.32 Å². The fourth-order valence-electron chi connectivity index (χ4n) is 1.74. The normalized spacial score (nSPS) is 10.0. The second-order valence-corrected chi connectivity index (χ2v) is 5.10. The summed E-state index contributed by atoms with van der Waals surface area (Å²) >= 11 is 3.41. The molecular weight excluding hydrogens is 307 g/mol. The van der Waals surface area contributed by atoms with Crippen LogP contribution in [0, 0.1) is 24.1 Å². The van der Waals surface area contributed by atoms with Crippen LogP contribution in [-0.4, -0.2) is 0 Å². The van der Waals surface area contributed by atoms with Gasteiger partial charge in [0.15, 0.2) is 0 Å². The Labute approximate surface area is 120 Å². The lowest BCUT2D eigenvalue weighted by Crippen LogP contribution is -2.01. The van der Waals surface area contributed by atoms with Crippen LogP contribution < -0.4 is 5.32 Å². The Balaban J connectivity index is 2.10. The summed E-state index contributed by atoms with van der Waals surface area (Å²) in [6.07, 6.45) is 0. The molecule has 2 rings (SSSR count). The van der Waals surface area contributed by atoms with E-state index >= 15 is 0 Å². The lowest BCUT2D eigenvalue weighted by atomic mass is 10.1. The predicted octanol–water partition coefficient (Wildman–Crippen LogP) is 4.38. The molecule has 0 fully saturated rings. The van der Waals surface area contributed by atoms with E-state index in [0.29, 0.717) is 17.7 Å². The van der Waals surface area contributed by atoms with Gasteiger partial charge in [-0.25, -0.2) is 4.39 Å². The number of anilines is 1. The highest BCUT2D eigenvalue weighted by atomic mass is 79.9. The molecule has 0 amide bonds. The molecule has 1 N–H and O–H groups in total. The van der Waals surface area contributed by atoms with Crippen molar-refractivity contribution in [1.82, 2.24) is 0 Å². The van der Waals surface area contributed by atoms with Gasteiger partial charge in [0.05, 0.1) is 11.6 Å². The fourth-order valence-corrected chi connectivity index (χ4v) is 2.26. The zero-order chi connectivity index (χ0) is 13.8. The number of hydrogen-bond donors (Lipinski definition) is 1. The maximum Gasteiger partial charge on any atom is 0.126 e. The molecule has 0 radical (unpaired) electrons. The van der Waals surface area contributed by atoms with E-state index < -0.39 is 0 Å². The molecule has 0 aliphatic heterocycles. The second-order valence-electron chi connectivity index (χ2n) is 4.24. The van der Waals surface area contributed by atoms with Crippen LogP contribution in [0.3, 0.4) is 0 Å². The highest BCUT2D eigenvalue weighted by Gasteiger charge is 2.03. The number of rotatable bonds is 3. The molecule has 4 heteroatoms. The predicted molar refractivity (Wildman–Crippen MR) is 77.3 cm³/mol. The molecule has 2 nitrogen and oxygen atoms in total. The van der Waals surface area contributed by atoms with E-state index in [0.717, 1.165) is 15.7 Å². The fraction of sp³-hybridized carbons (Fsp3) is 0.133. The minimum Gasteiger partial charge on any atom is -0.380 e. The summed E-state index contributed by atoms with van der Waals surface area (Å²) in [7, 11) is 0. The van der Waals surface area contributed by atoms with Crippen molar-refractivity contribution in [3.8, 4) is 6.07 Å². The van der Waals surface area contributed by atoms with Crippen LogP contribution in [0.25, 0.3) is 0 Å². The van der Waals surface area contributed by atoms with Crippen molar-refractivity contribution in [1.29, 1.82) is 5.26 Å². The van der Waals surface area contributed by atoms with Gasteiger partial charge in [0.2, 0.25) is 0 Å². The third-order valence-electron chi connectivity index (χ3n) is 2.80. The van der Waals surface area contributed by atoms with Gasteiger partial charge in [-0.3, -0.25) is 0 Å². The summed E-state index contributed by atoms with van der Waals surface area (Å²) in [6, 6.07) is 12.5. The van der Waals surface area contributed by atoms with E-state index in [1.54, 1.807) is 25.1 Å². The van der Waals surface area contributed by atoms with Crippen LogP contribution in [-0.2, 0) is 6.54 Å². The van der Waals surface area contributed by atoms with E-state index in [4.69, 9.17) is 5.26 Å². The van der Waals surface area contributed by atoms with Gasteiger partial charge in [0, 0.05) is 16.7 Å². The Morgan fingerprint density at radius 1 is 1.26 bits per heavy atom. The van der Waals surface area contributed by atoms with Gasteiger partial charge in [-0.2, -0.15) is 5.26 Å². The monoisotopic (exact) mass is 318 g/mol. The molecule has 19 heavy (non-hydrogen) atoms. The maximum absolute atomic E-state index is 13.2. The van der Waals surface area contributed by atoms with Gasteiger partial charge >= 0.3 is 0 Å². The summed E-state index contributed by atoms with van der Waals surface area (Å²) in [6.45, 7) is 2.35. The first-order valence-electron chi connectivity index (χ1n) is 5.78. The Kier molecular flexibility index (Phi) is 4.18. The largest absolute Gasteiger partial charge is 0.380 e. The molecule has 2 aromatic rings. The van der Waals surface area contributed by atoms with Crippen molar-refractivity contribution in [2.75, 3.05) is 5.32 Å². The van der Waals surface area contributed by atoms with Crippen molar-refractivity contribution in [2.45, 2.75) is 13.5 Å². The van der Waals surface area contributed by atoms with Crippen LogP contribution in [0.5, 0.6) is 0 Å². The Bertz CT molecular complexity index is 647. The molecule has 0 atom stereocenters. The first kappa shape index (κ1) is 13.6. The van der Waals surface area contributed by atoms with Crippen molar-refractivity contribution in [2.24, 2.45) is 0 Å². The molecule has 0 spiro atoms. The zero-order valence-corrected chi connectivity index (χ0v) is 12.0. The van der Waals surface area contributed by atoms with Gasteiger partial charge in [0.1, 0.15) is 5.82 Å². The lowest BCUT2D eigenvalue weighted by molar-refractivity contribution is 0.617. The van der Waals surface area contributed by atoms with E-state index in [1.807, 2.05) is 12.1 Å². The van der Waals surface area contributed by atoms with Gasteiger partial charge in [-0.1, -0.05) is 12.1 Å². The summed E-state index contributed by atoms with van der Waals surface area (Å²) in [5.41, 5.74) is 3.16. The van der Waals surface area contributed by atoms with Crippen molar-refractivity contribution >= 4 is 21.6 Å². The van der Waals surface area contributed by atoms with Crippen molar-refractivity contribution in [3.05, 3.63) is 63.4 Å². The van der Waals surface area contributed by atoms with Crippen LogP contribution in [0.15, 0.2) is 40.9 Å². The Morgan fingerprint density at radius 2 is 2.05 bits per heavy atom. The number of hydrogen-bond acceptors (Lipinski definition) is 2. The van der Waals surface area contributed by atoms with Crippen LogP contribution >= 0.6 is 15.9 Å². The standard InChI is InChI=1S/C15H12BrFN2/c1-10-6-12(2-4-14(10)17)9-19-15-5-3-11(8-18)7-13(15)16/h2-7,19H,9H2,1H3. The Morgan fingerprint density at radius 3 is 2.68 bits per heavy atom. The van der Waals surface area contributed by atoms with Crippen molar-refractivity contribution in [3.63, 3.8) is 0 Å². The molecular formula is C15H12BrFN2. The van der Waals surface area contributed by atoms with Crippen molar-refractivity contribution < 1.29 is 4.39 Å². The number of nitrogens with one attached hydrogen (secondary N) is 1. The van der Waals surface area contributed by atoms with Crippen LogP contribution in [0.1, 0.15) is 16.7 Å². The maximum atomic E-state index is 13.2. The SMILES string of the molecule is Cc1cc(CNc2ccc(C#N)cc2Br)ccc1F. The number of benzene rings is 2. The van der Waals surface area contributed by atoms with E-state index in [9.17, 15) is 4.39 Å². The van der Waals surface area contributed by atoms with E-state index in [2.05, 4.69) is 27.3 Å². The first-order valence-corrected chi connectivity index (χ1v) is 6.58. The molecule has 0 aromatic heterocycles. The number of nitriles is 1. The Hall–Kier alpha value is -1.86. The van der Waals surface area contributed by atoms with Gasteiger partial charge in [-0.05, 0) is 58.2 Å². The molecule has 0 saturated heterocycles. The molecule has 2 aromatic carbocycles. The van der Waals surface area contributed by atoms with Gasteiger partial charge in [-0.15, -0.1) is 0 Å². The average molecular weight is 319 g/mol. The molecule has 0 aliphatic rings. The van der Waals surface area contributed by atoms with Crippen LogP contribution in [0.2, 0.25) is 0 Å². The number of nitrogens with zero attached hydrogens (tertiary/aromatic N) is 1.